The van der Waals surface area contributed by atoms with Gasteiger partial charge in [0.15, 0.2) is 0 Å². The van der Waals surface area contributed by atoms with Crippen molar-refractivity contribution in [3.8, 4) is 0 Å². The molecule has 0 bridgehead atoms. The van der Waals surface area contributed by atoms with Crippen LogP contribution < -0.4 is 4.90 Å². The molecule has 2 aliphatic rings. The van der Waals surface area contributed by atoms with Crippen molar-refractivity contribution >= 4 is 17.5 Å². The predicted molar refractivity (Wildman–Crippen MR) is 124 cm³/mol. The quantitative estimate of drug-likeness (QED) is 0.739. The summed E-state index contributed by atoms with van der Waals surface area (Å²) in [7, 11) is 0. The summed E-state index contributed by atoms with van der Waals surface area (Å²) in [5.74, 6) is 0.760. The lowest BCUT2D eigenvalue weighted by Crippen LogP contribution is -2.49. The van der Waals surface area contributed by atoms with Gasteiger partial charge in [0, 0.05) is 57.8 Å². The maximum Gasteiger partial charge on any atom is 0.222 e. The van der Waals surface area contributed by atoms with Gasteiger partial charge in [-0.1, -0.05) is 48.5 Å². The summed E-state index contributed by atoms with van der Waals surface area (Å²) >= 11 is 0. The Balaban J connectivity index is 1.26. The van der Waals surface area contributed by atoms with E-state index in [1.165, 1.54) is 11.3 Å². The Morgan fingerprint density at radius 3 is 2.35 bits per heavy atom. The molecule has 0 aromatic heterocycles. The van der Waals surface area contributed by atoms with Crippen molar-refractivity contribution in [3.05, 3.63) is 65.7 Å². The van der Waals surface area contributed by atoms with Gasteiger partial charge in [0.05, 0.1) is 0 Å². The number of carbonyl (C=O) groups is 2. The molecule has 5 nitrogen and oxygen atoms in total. The molecule has 0 spiro atoms. The predicted octanol–water partition coefficient (Wildman–Crippen LogP) is 3.86. The average molecular weight is 420 g/mol. The topological polar surface area (TPSA) is 43.9 Å². The van der Waals surface area contributed by atoms with Crippen LogP contribution in [0.25, 0.3) is 0 Å². The van der Waals surface area contributed by atoms with Crippen molar-refractivity contribution in [1.29, 1.82) is 0 Å². The standard InChI is InChI=1S/C26H33N3O2/c1-21-7-5-6-10-24(21)27-15-17-28(18-16-27)26(31)19-22-11-12-25(30)29(14-13-22)20-23-8-3-2-4-9-23/h2-10,22H,11-20H2,1H3. The summed E-state index contributed by atoms with van der Waals surface area (Å²) in [6, 6.07) is 18.6. The van der Waals surface area contributed by atoms with Crippen LogP contribution in [0.3, 0.4) is 0 Å². The van der Waals surface area contributed by atoms with Crippen molar-refractivity contribution in [2.24, 2.45) is 5.92 Å². The number of rotatable bonds is 5. The molecular formula is C26H33N3O2. The summed E-state index contributed by atoms with van der Waals surface area (Å²) in [6.45, 7) is 6.86. The van der Waals surface area contributed by atoms with E-state index in [0.717, 1.165) is 51.1 Å². The van der Waals surface area contributed by atoms with Gasteiger partial charge in [0.2, 0.25) is 11.8 Å². The zero-order chi connectivity index (χ0) is 21.6. The Labute approximate surface area is 185 Å². The summed E-state index contributed by atoms with van der Waals surface area (Å²) in [6.07, 6.45) is 2.84. The van der Waals surface area contributed by atoms with Gasteiger partial charge in [-0.05, 0) is 42.9 Å². The number of benzene rings is 2. The molecule has 31 heavy (non-hydrogen) atoms. The SMILES string of the molecule is Cc1ccccc1N1CCN(C(=O)CC2CCC(=O)N(Cc3ccccc3)CC2)CC1. The second-order valence-corrected chi connectivity index (χ2v) is 8.85. The lowest BCUT2D eigenvalue weighted by molar-refractivity contribution is -0.133. The Kier molecular flexibility index (Phi) is 6.90. The molecule has 4 rings (SSSR count). The minimum Gasteiger partial charge on any atom is -0.368 e. The fourth-order valence-electron chi connectivity index (χ4n) is 4.76. The summed E-state index contributed by atoms with van der Waals surface area (Å²) in [5, 5.41) is 0. The maximum atomic E-state index is 13.0. The van der Waals surface area contributed by atoms with Crippen LogP contribution in [0.5, 0.6) is 0 Å². The number of aryl methyl sites for hydroxylation is 1. The molecule has 2 fully saturated rings. The van der Waals surface area contributed by atoms with Crippen molar-refractivity contribution < 1.29 is 9.59 Å². The molecule has 2 aromatic rings. The van der Waals surface area contributed by atoms with E-state index >= 15 is 0 Å². The zero-order valence-electron chi connectivity index (χ0n) is 18.5. The highest BCUT2D eigenvalue weighted by Gasteiger charge is 2.27. The second-order valence-electron chi connectivity index (χ2n) is 8.85. The number of likely N-dealkylation sites (tertiary alicyclic amines) is 1. The minimum absolute atomic E-state index is 0.214. The first-order valence-electron chi connectivity index (χ1n) is 11.5. The molecule has 5 heteroatoms. The number of hydrogen-bond acceptors (Lipinski definition) is 3. The summed E-state index contributed by atoms with van der Waals surface area (Å²) in [4.78, 5) is 31.9. The normalized spacial score (nSPS) is 20.0. The Hall–Kier alpha value is -2.82. The molecule has 0 aliphatic carbocycles. The molecular weight excluding hydrogens is 386 g/mol. The lowest BCUT2D eigenvalue weighted by Gasteiger charge is -2.37. The number of amides is 2. The zero-order valence-corrected chi connectivity index (χ0v) is 18.5. The van der Waals surface area contributed by atoms with Gasteiger partial charge >= 0.3 is 0 Å². The molecule has 0 N–H and O–H groups in total. The first-order chi connectivity index (χ1) is 15.1. The highest BCUT2D eigenvalue weighted by molar-refractivity contribution is 5.78. The van der Waals surface area contributed by atoms with Gasteiger partial charge < -0.3 is 14.7 Å². The Bertz CT molecular complexity index is 891. The summed E-state index contributed by atoms with van der Waals surface area (Å²) < 4.78 is 0. The second kappa shape index (κ2) is 9.99. The van der Waals surface area contributed by atoms with Gasteiger partial charge in [-0.15, -0.1) is 0 Å². The van der Waals surface area contributed by atoms with Crippen molar-refractivity contribution in [3.63, 3.8) is 0 Å². The fourth-order valence-corrected chi connectivity index (χ4v) is 4.76. The molecule has 1 atom stereocenters. The largest absolute Gasteiger partial charge is 0.368 e. The Morgan fingerprint density at radius 1 is 0.903 bits per heavy atom. The lowest BCUT2D eigenvalue weighted by atomic mass is 9.96. The van der Waals surface area contributed by atoms with Gasteiger partial charge in [0.25, 0.3) is 0 Å². The van der Waals surface area contributed by atoms with Crippen molar-refractivity contribution in [2.75, 3.05) is 37.6 Å². The van der Waals surface area contributed by atoms with Crippen LogP contribution in [-0.2, 0) is 16.1 Å². The van der Waals surface area contributed by atoms with Crippen LogP contribution in [-0.4, -0.2) is 54.3 Å². The molecule has 2 saturated heterocycles. The van der Waals surface area contributed by atoms with E-state index in [2.05, 4.69) is 48.2 Å². The van der Waals surface area contributed by atoms with E-state index < -0.39 is 0 Å². The van der Waals surface area contributed by atoms with Crippen LogP contribution >= 0.6 is 0 Å². The molecule has 1 unspecified atom stereocenters. The van der Waals surface area contributed by atoms with Crippen LogP contribution in [0.1, 0.15) is 36.8 Å². The monoisotopic (exact) mass is 419 g/mol. The smallest absolute Gasteiger partial charge is 0.222 e. The average Bonchev–Trinajstić information content (AvgIpc) is 2.97. The van der Waals surface area contributed by atoms with E-state index in [1.54, 1.807) is 0 Å². The molecule has 0 radical (unpaired) electrons. The maximum absolute atomic E-state index is 13.0. The van der Waals surface area contributed by atoms with Crippen LogP contribution in [0.4, 0.5) is 5.69 Å². The van der Waals surface area contributed by atoms with Crippen LogP contribution in [0.15, 0.2) is 54.6 Å². The highest BCUT2D eigenvalue weighted by Crippen LogP contribution is 2.25. The van der Waals surface area contributed by atoms with E-state index in [-0.39, 0.29) is 11.8 Å². The third-order valence-electron chi connectivity index (χ3n) is 6.69. The molecule has 2 amide bonds. The number of hydrogen-bond donors (Lipinski definition) is 0. The van der Waals surface area contributed by atoms with Crippen LogP contribution in [0, 0.1) is 12.8 Å². The number of nitrogens with zero attached hydrogens (tertiary/aromatic N) is 3. The summed E-state index contributed by atoms with van der Waals surface area (Å²) in [5.41, 5.74) is 3.72. The number of para-hydroxylation sites is 1. The molecule has 2 aliphatic heterocycles. The number of piperazine rings is 1. The van der Waals surface area contributed by atoms with E-state index in [0.29, 0.717) is 25.3 Å². The van der Waals surface area contributed by atoms with Crippen LogP contribution in [0.2, 0.25) is 0 Å². The van der Waals surface area contributed by atoms with Gasteiger partial charge in [-0.3, -0.25) is 9.59 Å². The van der Waals surface area contributed by atoms with E-state index in [9.17, 15) is 9.59 Å². The minimum atomic E-state index is 0.214. The van der Waals surface area contributed by atoms with Crippen molar-refractivity contribution in [2.45, 2.75) is 39.2 Å². The molecule has 2 aromatic carbocycles. The van der Waals surface area contributed by atoms with E-state index in [1.807, 2.05) is 28.0 Å². The molecule has 0 saturated carbocycles. The van der Waals surface area contributed by atoms with Gasteiger partial charge in [0.1, 0.15) is 0 Å². The first-order valence-corrected chi connectivity index (χ1v) is 11.5. The fraction of sp³-hybridized carbons (Fsp3) is 0.462. The first kappa shape index (κ1) is 21.4. The number of anilines is 1. The number of carbonyl (C=O) groups excluding carboxylic acids is 2. The third-order valence-corrected chi connectivity index (χ3v) is 6.69. The molecule has 2 heterocycles. The van der Waals surface area contributed by atoms with Gasteiger partial charge in [-0.25, -0.2) is 0 Å². The van der Waals surface area contributed by atoms with Crippen molar-refractivity contribution in [1.82, 2.24) is 9.80 Å². The van der Waals surface area contributed by atoms with Gasteiger partial charge in [-0.2, -0.15) is 0 Å². The Morgan fingerprint density at radius 2 is 1.61 bits per heavy atom. The molecule has 164 valence electrons. The third kappa shape index (κ3) is 5.46. The highest BCUT2D eigenvalue weighted by atomic mass is 16.2. The van der Waals surface area contributed by atoms with E-state index in [4.69, 9.17) is 0 Å².